The molecule has 0 spiro atoms. The van der Waals surface area contributed by atoms with E-state index >= 15 is 0 Å². The number of rotatable bonds is 5. The maximum Gasteiger partial charge on any atom is 0.214 e. The molecular weight excluding hydrogens is 300 g/mol. The number of benzene rings is 2. The van der Waals surface area contributed by atoms with E-state index < -0.39 is 0 Å². The number of carbonyl (C=O) groups excluding carboxylic acids is 1. The summed E-state index contributed by atoms with van der Waals surface area (Å²) in [4.78, 5) is 12.4. The summed E-state index contributed by atoms with van der Waals surface area (Å²) in [5, 5.41) is 8.01. The number of hydrogen-bond acceptors (Lipinski definition) is 5. The first-order valence-electron chi connectivity index (χ1n) is 6.54. The molecule has 2 aromatic carbocycles. The summed E-state index contributed by atoms with van der Waals surface area (Å²) in [6.07, 6.45) is 1.21. The molecule has 0 unspecified atom stereocenters. The van der Waals surface area contributed by atoms with E-state index in [2.05, 4.69) is 15.6 Å². The third-order valence-electron chi connectivity index (χ3n) is 2.89. The summed E-state index contributed by atoms with van der Waals surface area (Å²) in [6.45, 7) is 1.99. The van der Waals surface area contributed by atoms with Crippen LogP contribution in [0.4, 0.5) is 5.69 Å². The zero-order valence-electron chi connectivity index (χ0n) is 12.0. The topological polar surface area (TPSA) is 79.8 Å². The first-order valence-corrected chi connectivity index (χ1v) is 6.92. The van der Waals surface area contributed by atoms with Crippen molar-refractivity contribution < 1.29 is 4.79 Å². The highest BCUT2D eigenvalue weighted by Crippen LogP contribution is 2.11. The Balaban J connectivity index is 2.21. The molecule has 112 valence electrons. The molecule has 0 saturated heterocycles. The number of nitrogens with two attached hydrogens (primary N) is 1. The molecule has 0 heterocycles. The second kappa shape index (κ2) is 7.38. The Labute approximate surface area is 133 Å². The molecule has 3 N–H and O–H groups in total. The van der Waals surface area contributed by atoms with Gasteiger partial charge in [0.1, 0.15) is 0 Å². The molecule has 2 rings (SSSR count). The predicted octanol–water partition coefficient (Wildman–Crippen LogP) is 3.24. The zero-order chi connectivity index (χ0) is 15.9. The summed E-state index contributed by atoms with van der Waals surface area (Å²) >= 11 is 5.81. The fraction of sp³-hybridized carbons (Fsp3) is 0.0625. The van der Waals surface area contributed by atoms with Gasteiger partial charge >= 0.3 is 0 Å². The van der Waals surface area contributed by atoms with Gasteiger partial charge in [-0.2, -0.15) is 10.2 Å². The number of Topliss-reactive ketones (excluding diaryl/α,β-unsaturated/α-hetero) is 1. The second-order valence-corrected chi connectivity index (χ2v) is 5.03. The molecule has 0 amide bonds. The Kier molecular flexibility index (Phi) is 5.27. The molecule has 0 aliphatic heterocycles. The third kappa shape index (κ3) is 4.17. The fourth-order valence-corrected chi connectivity index (χ4v) is 1.84. The minimum Gasteiger partial charge on any atom is -0.323 e. The molecule has 0 atom stereocenters. The van der Waals surface area contributed by atoms with Gasteiger partial charge in [0.05, 0.1) is 11.9 Å². The van der Waals surface area contributed by atoms with Crippen molar-refractivity contribution in [3.63, 3.8) is 0 Å². The Morgan fingerprint density at radius 3 is 2.36 bits per heavy atom. The molecule has 0 aliphatic rings. The molecule has 0 fully saturated rings. The minimum absolute atomic E-state index is 0.102. The van der Waals surface area contributed by atoms with Crippen molar-refractivity contribution in [3.8, 4) is 0 Å². The van der Waals surface area contributed by atoms with Crippen LogP contribution >= 0.6 is 11.6 Å². The molecule has 2 aromatic rings. The summed E-state index contributed by atoms with van der Waals surface area (Å²) in [6, 6.07) is 14.1. The quantitative estimate of drug-likeness (QED) is 0.385. The average molecular weight is 315 g/mol. The van der Waals surface area contributed by atoms with Gasteiger partial charge in [0.2, 0.25) is 5.78 Å². The van der Waals surface area contributed by atoms with E-state index in [1.54, 1.807) is 24.3 Å². The summed E-state index contributed by atoms with van der Waals surface area (Å²) < 4.78 is 0. The van der Waals surface area contributed by atoms with E-state index in [1.165, 1.54) is 6.21 Å². The van der Waals surface area contributed by atoms with Crippen molar-refractivity contribution in [1.29, 1.82) is 0 Å². The van der Waals surface area contributed by atoms with E-state index in [9.17, 15) is 4.79 Å². The van der Waals surface area contributed by atoms with E-state index in [-0.39, 0.29) is 11.5 Å². The van der Waals surface area contributed by atoms with Gasteiger partial charge < -0.3 is 5.84 Å². The summed E-state index contributed by atoms with van der Waals surface area (Å²) in [5.74, 6) is 4.85. The van der Waals surface area contributed by atoms with Gasteiger partial charge in [0, 0.05) is 10.6 Å². The Morgan fingerprint density at radius 2 is 1.77 bits per heavy atom. The molecule has 0 saturated carbocycles. The lowest BCUT2D eigenvalue weighted by Gasteiger charge is -2.04. The van der Waals surface area contributed by atoms with Gasteiger partial charge in [-0.15, -0.1) is 0 Å². The van der Waals surface area contributed by atoms with Crippen LogP contribution in [0.2, 0.25) is 5.02 Å². The second-order valence-electron chi connectivity index (χ2n) is 4.59. The number of aryl methyl sites for hydroxylation is 1. The molecule has 22 heavy (non-hydrogen) atoms. The lowest BCUT2D eigenvalue weighted by Crippen LogP contribution is -2.18. The SMILES string of the molecule is Cc1ccc(N/N=C(\C=N\N)C(=O)c2ccc(Cl)cc2)cc1. The molecule has 0 aromatic heterocycles. The van der Waals surface area contributed by atoms with Crippen LogP contribution in [0.25, 0.3) is 0 Å². The number of hydrazone groups is 2. The van der Waals surface area contributed by atoms with Crippen molar-refractivity contribution in [2.45, 2.75) is 6.92 Å². The first-order chi connectivity index (χ1) is 10.6. The predicted molar refractivity (Wildman–Crippen MR) is 90.7 cm³/mol. The van der Waals surface area contributed by atoms with Crippen molar-refractivity contribution in [3.05, 3.63) is 64.7 Å². The number of carbonyl (C=O) groups is 1. The number of nitrogens with one attached hydrogen (secondary N) is 1. The monoisotopic (exact) mass is 314 g/mol. The number of nitrogens with zero attached hydrogens (tertiary/aromatic N) is 2. The minimum atomic E-state index is -0.300. The van der Waals surface area contributed by atoms with E-state index in [0.29, 0.717) is 10.6 Å². The van der Waals surface area contributed by atoms with Crippen LogP contribution < -0.4 is 11.3 Å². The highest BCUT2D eigenvalue weighted by Gasteiger charge is 2.12. The Hall–Kier alpha value is -2.66. The normalized spacial score (nSPS) is 11.6. The third-order valence-corrected chi connectivity index (χ3v) is 3.14. The van der Waals surface area contributed by atoms with Gasteiger partial charge in [-0.25, -0.2) is 0 Å². The lowest BCUT2D eigenvalue weighted by molar-refractivity contribution is 0.106. The van der Waals surface area contributed by atoms with Crippen molar-refractivity contribution in [1.82, 2.24) is 0 Å². The standard InChI is InChI=1S/C16H15ClN4O/c1-11-2-8-14(9-3-11)20-21-15(10-19-18)16(22)12-4-6-13(17)7-5-12/h2-10,20H,18H2,1H3/b19-10+,21-15+. The molecule has 0 radical (unpaired) electrons. The van der Waals surface area contributed by atoms with Crippen LogP contribution in [0.5, 0.6) is 0 Å². The van der Waals surface area contributed by atoms with Crippen molar-refractivity contribution >= 4 is 35.0 Å². The zero-order valence-corrected chi connectivity index (χ0v) is 12.7. The van der Waals surface area contributed by atoms with Crippen LogP contribution in [0.15, 0.2) is 58.7 Å². The van der Waals surface area contributed by atoms with Crippen LogP contribution in [-0.2, 0) is 0 Å². The van der Waals surface area contributed by atoms with Gasteiger partial charge in [-0.1, -0.05) is 29.3 Å². The van der Waals surface area contributed by atoms with E-state index in [4.69, 9.17) is 17.4 Å². The van der Waals surface area contributed by atoms with Crippen LogP contribution in [-0.4, -0.2) is 17.7 Å². The summed E-state index contributed by atoms with van der Waals surface area (Å²) in [7, 11) is 0. The smallest absolute Gasteiger partial charge is 0.214 e. The molecule has 6 heteroatoms. The maximum absolute atomic E-state index is 12.4. The van der Waals surface area contributed by atoms with Crippen LogP contribution in [0.1, 0.15) is 15.9 Å². The van der Waals surface area contributed by atoms with E-state index in [1.807, 2.05) is 31.2 Å². The molecule has 0 bridgehead atoms. The van der Waals surface area contributed by atoms with Gasteiger partial charge in [0.15, 0.2) is 5.71 Å². The average Bonchev–Trinajstić information content (AvgIpc) is 2.53. The number of halogens is 1. The maximum atomic E-state index is 12.4. The van der Waals surface area contributed by atoms with Gasteiger partial charge in [-0.05, 0) is 43.3 Å². The number of hydrogen-bond donors (Lipinski definition) is 2. The van der Waals surface area contributed by atoms with Gasteiger partial charge in [-0.3, -0.25) is 10.2 Å². The Bertz CT molecular complexity index is 706. The van der Waals surface area contributed by atoms with E-state index in [0.717, 1.165) is 11.3 Å². The highest BCUT2D eigenvalue weighted by molar-refractivity contribution is 6.64. The fourth-order valence-electron chi connectivity index (χ4n) is 1.71. The highest BCUT2D eigenvalue weighted by atomic mass is 35.5. The Morgan fingerprint density at radius 1 is 1.14 bits per heavy atom. The van der Waals surface area contributed by atoms with Crippen molar-refractivity contribution in [2.75, 3.05) is 5.43 Å². The summed E-state index contributed by atoms with van der Waals surface area (Å²) in [5.41, 5.74) is 5.26. The largest absolute Gasteiger partial charge is 0.323 e. The lowest BCUT2D eigenvalue weighted by atomic mass is 10.1. The number of anilines is 1. The van der Waals surface area contributed by atoms with Crippen LogP contribution in [0.3, 0.4) is 0 Å². The van der Waals surface area contributed by atoms with Crippen molar-refractivity contribution in [2.24, 2.45) is 16.0 Å². The number of ketones is 1. The van der Waals surface area contributed by atoms with Gasteiger partial charge in [0.25, 0.3) is 0 Å². The first kappa shape index (κ1) is 15.7. The molecule has 0 aliphatic carbocycles. The molecular formula is C16H15ClN4O. The van der Waals surface area contributed by atoms with Crippen LogP contribution in [0, 0.1) is 6.92 Å². The molecule has 5 nitrogen and oxygen atoms in total.